The third-order valence-corrected chi connectivity index (χ3v) is 3.03. The molecule has 0 aliphatic rings. The van der Waals surface area contributed by atoms with Crippen molar-refractivity contribution in [2.75, 3.05) is 0 Å². The topological polar surface area (TPSA) is 12.0 Å². The van der Waals surface area contributed by atoms with Crippen molar-refractivity contribution in [3.05, 3.63) is 35.9 Å². The maximum atomic E-state index is 3.30. The van der Waals surface area contributed by atoms with Crippen molar-refractivity contribution in [1.29, 1.82) is 0 Å². The minimum atomic E-state index is 0.190. The van der Waals surface area contributed by atoms with Crippen LogP contribution in [0, 0.1) is 0 Å². The van der Waals surface area contributed by atoms with E-state index in [9.17, 15) is 0 Å². The van der Waals surface area contributed by atoms with Crippen LogP contribution < -0.4 is 5.23 Å². The van der Waals surface area contributed by atoms with E-state index >= 15 is 0 Å². The Morgan fingerprint density at radius 2 is 1.77 bits per heavy atom. The van der Waals surface area contributed by atoms with Gasteiger partial charge in [0.2, 0.25) is 0 Å². The van der Waals surface area contributed by atoms with Gasteiger partial charge in [-0.2, -0.15) is 0 Å². The maximum absolute atomic E-state index is 3.30. The van der Waals surface area contributed by atoms with Gasteiger partial charge in [0.25, 0.3) is 0 Å². The summed E-state index contributed by atoms with van der Waals surface area (Å²) in [5.41, 5.74) is 1.58. The Kier molecular flexibility index (Phi) is 3.15. The highest BCUT2D eigenvalue weighted by molar-refractivity contribution is 6.04. The summed E-state index contributed by atoms with van der Waals surface area (Å²) in [4.78, 5) is 0. The van der Waals surface area contributed by atoms with E-state index in [0.717, 1.165) is 0 Å². The van der Waals surface area contributed by atoms with Gasteiger partial charge < -0.3 is 5.23 Å². The van der Waals surface area contributed by atoms with E-state index in [4.69, 9.17) is 0 Å². The summed E-state index contributed by atoms with van der Waals surface area (Å²) in [5.74, 6) is 0. The molecule has 1 rings (SSSR count). The van der Waals surface area contributed by atoms with Crippen LogP contribution >= 0.6 is 0 Å². The smallest absolute Gasteiger partial charge is 0.182 e. The van der Waals surface area contributed by atoms with Crippen LogP contribution in [-0.2, 0) is 5.41 Å². The van der Waals surface area contributed by atoms with E-state index in [0.29, 0.717) is 6.04 Å². The summed E-state index contributed by atoms with van der Waals surface area (Å²) in [6.07, 6.45) is 0. The molecule has 0 aliphatic carbocycles. The standard InChI is InChI=1S/C11H18BN/c1-9(13-12)11(2,3)10-7-5-4-6-8-10/h4-9,13H,12H2,1-3H3. The van der Waals surface area contributed by atoms with Gasteiger partial charge in [-0.1, -0.05) is 44.2 Å². The summed E-state index contributed by atoms with van der Waals surface area (Å²) in [6, 6.07) is 11.1. The predicted octanol–water partition coefficient (Wildman–Crippen LogP) is 1.49. The third-order valence-electron chi connectivity index (χ3n) is 3.03. The Morgan fingerprint density at radius 3 is 2.23 bits per heavy atom. The van der Waals surface area contributed by atoms with Crippen LogP contribution in [0.15, 0.2) is 30.3 Å². The highest BCUT2D eigenvalue weighted by atomic mass is 14.8. The molecule has 1 aromatic carbocycles. The molecule has 0 bridgehead atoms. The molecule has 1 unspecified atom stereocenters. The molecule has 0 saturated carbocycles. The Balaban J connectivity index is 2.93. The van der Waals surface area contributed by atoms with Gasteiger partial charge in [0, 0.05) is 11.5 Å². The van der Waals surface area contributed by atoms with E-state index in [2.05, 4.69) is 56.3 Å². The number of benzene rings is 1. The largest absolute Gasteiger partial charge is 0.359 e. The van der Waals surface area contributed by atoms with Crippen LogP contribution in [0.4, 0.5) is 0 Å². The summed E-state index contributed by atoms with van der Waals surface area (Å²) in [6.45, 7) is 6.75. The zero-order valence-corrected chi connectivity index (χ0v) is 8.96. The van der Waals surface area contributed by atoms with Gasteiger partial charge in [0.15, 0.2) is 7.98 Å². The normalized spacial score (nSPS) is 14.1. The molecule has 0 saturated heterocycles. The Hall–Kier alpha value is -0.755. The molecule has 0 amide bonds. The van der Waals surface area contributed by atoms with Crippen molar-refractivity contribution in [2.24, 2.45) is 0 Å². The van der Waals surface area contributed by atoms with Crippen molar-refractivity contribution in [2.45, 2.75) is 32.2 Å². The predicted molar refractivity (Wildman–Crippen MR) is 60.6 cm³/mol. The molecule has 13 heavy (non-hydrogen) atoms. The van der Waals surface area contributed by atoms with Crippen LogP contribution in [0.5, 0.6) is 0 Å². The number of hydrogen-bond acceptors (Lipinski definition) is 1. The van der Waals surface area contributed by atoms with E-state index < -0.39 is 0 Å². The first-order valence-corrected chi connectivity index (χ1v) is 4.82. The molecule has 0 fully saturated rings. The van der Waals surface area contributed by atoms with Crippen molar-refractivity contribution in [3.63, 3.8) is 0 Å². The third kappa shape index (κ3) is 2.13. The SMILES string of the molecule is BNC(C)C(C)(C)c1ccccc1. The van der Waals surface area contributed by atoms with Crippen molar-refractivity contribution < 1.29 is 0 Å². The quantitative estimate of drug-likeness (QED) is 0.686. The molecule has 0 radical (unpaired) electrons. The van der Waals surface area contributed by atoms with Crippen molar-refractivity contribution >= 4 is 7.98 Å². The summed E-state index contributed by atoms with van der Waals surface area (Å²) in [5, 5.41) is 3.30. The fraction of sp³-hybridized carbons (Fsp3) is 0.455. The Morgan fingerprint density at radius 1 is 1.23 bits per heavy atom. The molecule has 0 spiro atoms. The summed E-state index contributed by atoms with van der Waals surface area (Å²) < 4.78 is 0. The minimum Gasteiger partial charge on any atom is -0.359 e. The van der Waals surface area contributed by atoms with E-state index in [1.807, 2.05) is 7.98 Å². The minimum absolute atomic E-state index is 0.190. The lowest BCUT2D eigenvalue weighted by Crippen LogP contribution is -2.41. The van der Waals surface area contributed by atoms with E-state index in [1.165, 1.54) is 5.56 Å². The monoisotopic (exact) mass is 175 g/mol. The zero-order valence-electron chi connectivity index (χ0n) is 8.96. The lowest BCUT2D eigenvalue weighted by atomic mass is 9.78. The molecule has 1 aromatic rings. The van der Waals surface area contributed by atoms with Gasteiger partial charge in [0.1, 0.15) is 0 Å². The van der Waals surface area contributed by atoms with Gasteiger partial charge >= 0.3 is 0 Å². The maximum Gasteiger partial charge on any atom is 0.182 e. The highest BCUT2D eigenvalue weighted by Gasteiger charge is 2.25. The Bertz CT molecular complexity index is 256. The van der Waals surface area contributed by atoms with Crippen molar-refractivity contribution in [3.8, 4) is 0 Å². The molecule has 0 aliphatic heterocycles. The first kappa shape index (κ1) is 10.3. The second-order valence-electron chi connectivity index (χ2n) is 4.10. The fourth-order valence-corrected chi connectivity index (χ4v) is 1.48. The summed E-state index contributed by atoms with van der Waals surface area (Å²) >= 11 is 0. The average Bonchev–Trinajstić information content (AvgIpc) is 2.18. The second kappa shape index (κ2) is 3.97. The average molecular weight is 175 g/mol. The highest BCUT2D eigenvalue weighted by Crippen LogP contribution is 2.26. The first-order valence-electron chi connectivity index (χ1n) is 4.82. The van der Waals surface area contributed by atoms with Crippen LogP contribution in [-0.4, -0.2) is 14.0 Å². The van der Waals surface area contributed by atoms with Crippen LogP contribution in [0.1, 0.15) is 26.3 Å². The number of rotatable bonds is 3. The zero-order chi connectivity index (χ0) is 9.90. The molecule has 2 heteroatoms. The van der Waals surface area contributed by atoms with Gasteiger partial charge in [0.05, 0.1) is 0 Å². The van der Waals surface area contributed by atoms with Crippen LogP contribution in [0.25, 0.3) is 0 Å². The molecule has 1 nitrogen and oxygen atoms in total. The van der Waals surface area contributed by atoms with Gasteiger partial charge in [-0.25, -0.2) is 0 Å². The first-order chi connectivity index (χ1) is 6.09. The van der Waals surface area contributed by atoms with Gasteiger partial charge in [-0.15, -0.1) is 0 Å². The number of hydrogen-bond donors (Lipinski definition) is 1. The molecular formula is C11H18BN. The molecule has 1 N–H and O–H groups in total. The van der Waals surface area contributed by atoms with Crippen molar-refractivity contribution in [1.82, 2.24) is 5.23 Å². The molecule has 70 valence electrons. The van der Waals surface area contributed by atoms with Crippen LogP contribution in [0.3, 0.4) is 0 Å². The number of nitrogens with one attached hydrogen (secondary N) is 1. The lowest BCUT2D eigenvalue weighted by molar-refractivity contribution is 0.411. The molecule has 1 atom stereocenters. The Labute approximate surface area is 82.0 Å². The summed E-state index contributed by atoms with van der Waals surface area (Å²) in [7, 11) is 2.01. The van der Waals surface area contributed by atoms with E-state index in [-0.39, 0.29) is 5.41 Å². The van der Waals surface area contributed by atoms with E-state index in [1.54, 1.807) is 0 Å². The molecular weight excluding hydrogens is 157 g/mol. The van der Waals surface area contributed by atoms with Gasteiger partial charge in [-0.05, 0) is 12.5 Å². The molecule has 0 heterocycles. The fourth-order valence-electron chi connectivity index (χ4n) is 1.48. The van der Waals surface area contributed by atoms with Gasteiger partial charge in [-0.3, -0.25) is 0 Å². The lowest BCUT2D eigenvalue weighted by Gasteiger charge is -2.32. The van der Waals surface area contributed by atoms with Crippen LogP contribution in [0.2, 0.25) is 0 Å². The molecule has 0 aromatic heterocycles. The second-order valence-corrected chi connectivity index (χ2v) is 4.10.